The van der Waals surface area contributed by atoms with E-state index >= 15 is 0 Å². The van der Waals surface area contributed by atoms with Gasteiger partial charge in [-0.2, -0.15) is 4.99 Å². The number of piperidine rings is 1. The predicted octanol–water partition coefficient (Wildman–Crippen LogP) is 2.42. The summed E-state index contributed by atoms with van der Waals surface area (Å²) in [6.45, 7) is 2.13. The van der Waals surface area contributed by atoms with Crippen molar-refractivity contribution in [3.05, 3.63) is 29.6 Å². The molecular weight excluding hydrogens is 417 g/mol. The van der Waals surface area contributed by atoms with Gasteiger partial charge in [-0.25, -0.2) is 9.18 Å². The van der Waals surface area contributed by atoms with Crippen LogP contribution in [0.1, 0.15) is 31.2 Å². The number of ether oxygens (including phenoxy) is 2. The van der Waals surface area contributed by atoms with E-state index in [4.69, 9.17) is 20.3 Å². The first-order valence-electron chi connectivity index (χ1n) is 10.9. The van der Waals surface area contributed by atoms with Crippen molar-refractivity contribution in [3.63, 3.8) is 0 Å². The van der Waals surface area contributed by atoms with Gasteiger partial charge in [-0.05, 0) is 55.1 Å². The van der Waals surface area contributed by atoms with Crippen molar-refractivity contribution in [2.45, 2.75) is 32.1 Å². The Hall–Kier alpha value is -2.52. The Morgan fingerprint density at radius 3 is 2.69 bits per heavy atom. The van der Waals surface area contributed by atoms with Crippen molar-refractivity contribution >= 4 is 18.2 Å². The van der Waals surface area contributed by atoms with Crippen molar-refractivity contribution in [2.75, 3.05) is 40.5 Å². The molecule has 1 aromatic carbocycles. The highest BCUT2D eigenvalue weighted by Gasteiger charge is 2.43. The van der Waals surface area contributed by atoms with Crippen LogP contribution < -0.4 is 10.5 Å². The quantitative estimate of drug-likeness (QED) is 0.339. The molecule has 1 aliphatic carbocycles. The number of aliphatic imine (C=N–C) groups is 1. The fourth-order valence-electron chi connectivity index (χ4n) is 4.27. The summed E-state index contributed by atoms with van der Waals surface area (Å²) in [6, 6.07) is 4.37. The first kappa shape index (κ1) is 25.7. The lowest BCUT2D eigenvalue weighted by Gasteiger charge is -2.31. The smallest absolute Gasteiger partial charge is 0.345 e. The minimum atomic E-state index is -0.404. The molecule has 178 valence electrons. The SMILES string of the molecule is CO.COC/C(N)=N/C(=O)N1CCC(C2CC2CCOc2ccc(CC=O)c(F)c2)CC1. The number of halogens is 1. The zero-order valence-electron chi connectivity index (χ0n) is 18.8. The van der Waals surface area contributed by atoms with E-state index < -0.39 is 5.82 Å². The van der Waals surface area contributed by atoms with Crippen LogP contribution in [0, 0.1) is 23.6 Å². The molecule has 1 aromatic rings. The Labute approximate surface area is 188 Å². The van der Waals surface area contributed by atoms with Crippen molar-refractivity contribution in [3.8, 4) is 5.75 Å². The summed E-state index contributed by atoms with van der Waals surface area (Å²) in [5.74, 6) is 2.23. The third-order valence-corrected chi connectivity index (χ3v) is 6.01. The largest absolute Gasteiger partial charge is 0.493 e. The van der Waals surface area contributed by atoms with E-state index in [2.05, 4.69) is 4.99 Å². The minimum Gasteiger partial charge on any atom is -0.493 e. The summed E-state index contributed by atoms with van der Waals surface area (Å²) in [6.07, 6.45) is 4.87. The predicted molar refractivity (Wildman–Crippen MR) is 119 cm³/mol. The van der Waals surface area contributed by atoms with E-state index in [1.807, 2.05) is 0 Å². The van der Waals surface area contributed by atoms with Crippen molar-refractivity contribution < 1.29 is 28.6 Å². The number of carbonyl (C=O) groups excluding carboxylic acids is 2. The van der Waals surface area contributed by atoms with Gasteiger partial charge >= 0.3 is 6.03 Å². The average Bonchev–Trinajstić information content (AvgIpc) is 3.57. The van der Waals surface area contributed by atoms with Crippen LogP contribution in [0.5, 0.6) is 5.75 Å². The number of amidine groups is 1. The van der Waals surface area contributed by atoms with Crippen molar-refractivity contribution in [2.24, 2.45) is 28.5 Å². The van der Waals surface area contributed by atoms with Gasteiger partial charge in [0, 0.05) is 39.8 Å². The molecule has 0 radical (unpaired) electrons. The van der Waals surface area contributed by atoms with Gasteiger partial charge in [-0.3, -0.25) is 0 Å². The number of carbonyl (C=O) groups is 2. The number of nitrogens with two attached hydrogens (primary N) is 1. The third-order valence-electron chi connectivity index (χ3n) is 6.01. The Morgan fingerprint density at radius 1 is 1.34 bits per heavy atom. The van der Waals surface area contributed by atoms with Gasteiger partial charge < -0.3 is 30.0 Å². The molecule has 1 saturated heterocycles. The van der Waals surface area contributed by atoms with Gasteiger partial charge in [-0.1, -0.05) is 6.07 Å². The summed E-state index contributed by atoms with van der Waals surface area (Å²) in [5, 5.41) is 7.00. The van der Waals surface area contributed by atoms with Gasteiger partial charge in [0.25, 0.3) is 0 Å². The second-order valence-electron chi connectivity index (χ2n) is 8.06. The number of aliphatic hydroxyl groups excluding tert-OH is 1. The molecule has 1 saturated carbocycles. The molecular formula is C23H34FN3O5. The summed E-state index contributed by atoms with van der Waals surface area (Å²) >= 11 is 0. The molecule has 2 atom stereocenters. The second-order valence-corrected chi connectivity index (χ2v) is 8.06. The maximum Gasteiger partial charge on any atom is 0.345 e. The minimum absolute atomic E-state index is 0.0766. The Kier molecular flexibility index (Phi) is 10.6. The van der Waals surface area contributed by atoms with Crippen LogP contribution in [0.25, 0.3) is 0 Å². The number of aliphatic hydroxyl groups is 1. The monoisotopic (exact) mass is 451 g/mol. The number of aldehydes is 1. The van der Waals surface area contributed by atoms with Gasteiger partial charge in [0.1, 0.15) is 30.3 Å². The average molecular weight is 452 g/mol. The lowest BCUT2D eigenvalue weighted by molar-refractivity contribution is -0.107. The number of urea groups is 1. The van der Waals surface area contributed by atoms with Crippen LogP contribution in [0.3, 0.4) is 0 Å². The fraction of sp³-hybridized carbons (Fsp3) is 0.609. The van der Waals surface area contributed by atoms with Crippen LogP contribution in [-0.2, 0) is 16.0 Å². The number of rotatable bonds is 9. The molecule has 2 aliphatic rings. The Balaban J connectivity index is 0.00000176. The van der Waals surface area contributed by atoms with E-state index in [0.717, 1.165) is 26.4 Å². The zero-order valence-corrected chi connectivity index (χ0v) is 18.8. The molecule has 9 heteroatoms. The van der Waals surface area contributed by atoms with E-state index in [9.17, 15) is 14.0 Å². The first-order valence-corrected chi connectivity index (χ1v) is 10.9. The van der Waals surface area contributed by atoms with Gasteiger partial charge in [0.2, 0.25) is 0 Å². The third kappa shape index (κ3) is 7.56. The van der Waals surface area contributed by atoms with Crippen LogP contribution in [-0.4, -0.2) is 68.7 Å². The van der Waals surface area contributed by atoms with Gasteiger partial charge in [-0.15, -0.1) is 0 Å². The van der Waals surface area contributed by atoms with Gasteiger partial charge in [0.05, 0.1) is 6.61 Å². The number of hydrogen-bond donors (Lipinski definition) is 2. The highest BCUT2D eigenvalue weighted by Crippen LogP contribution is 2.49. The number of hydrogen-bond acceptors (Lipinski definition) is 5. The van der Waals surface area contributed by atoms with E-state index in [1.54, 1.807) is 17.0 Å². The molecule has 3 rings (SSSR count). The fourth-order valence-corrected chi connectivity index (χ4v) is 4.27. The van der Waals surface area contributed by atoms with Crippen molar-refractivity contribution in [1.82, 2.24) is 4.90 Å². The maximum absolute atomic E-state index is 13.8. The molecule has 0 aromatic heterocycles. The zero-order chi connectivity index (χ0) is 23.5. The molecule has 0 spiro atoms. The molecule has 1 aliphatic heterocycles. The topological polar surface area (TPSA) is 114 Å². The molecule has 32 heavy (non-hydrogen) atoms. The maximum atomic E-state index is 13.8. The van der Waals surface area contributed by atoms with Gasteiger partial charge in [0.15, 0.2) is 0 Å². The molecule has 8 nitrogen and oxygen atoms in total. The highest BCUT2D eigenvalue weighted by molar-refractivity contribution is 5.93. The second kappa shape index (κ2) is 13.1. The van der Waals surface area contributed by atoms with E-state index in [1.165, 1.54) is 19.6 Å². The van der Waals surface area contributed by atoms with E-state index in [-0.39, 0.29) is 24.9 Å². The molecule has 2 unspecified atom stereocenters. The first-order chi connectivity index (χ1) is 15.5. The lowest BCUT2D eigenvalue weighted by Crippen LogP contribution is -2.38. The molecule has 3 N–H and O–H groups in total. The standard InChI is InChI=1S/C22H30FN3O4.CH4O/c1-29-14-21(24)25-22(28)26-8-4-15(5-9-26)19-12-17(19)7-11-30-18-3-2-16(6-10-27)20(23)13-18;1-2/h2-3,10,13,15,17,19H,4-9,11-12,14H2,1H3,(H2,24,25,28);2H,1H3. The highest BCUT2D eigenvalue weighted by atomic mass is 19.1. The number of amides is 2. The number of nitrogens with zero attached hydrogens (tertiary/aromatic N) is 2. The Morgan fingerprint density at radius 2 is 2.06 bits per heavy atom. The van der Waals surface area contributed by atoms with Crippen LogP contribution >= 0.6 is 0 Å². The van der Waals surface area contributed by atoms with Crippen molar-refractivity contribution in [1.29, 1.82) is 0 Å². The van der Waals surface area contributed by atoms with Crippen LogP contribution in [0.4, 0.5) is 9.18 Å². The van der Waals surface area contributed by atoms with Crippen LogP contribution in [0.2, 0.25) is 0 Å². The summed E-state index contributed by atoms with van der Waals surface area (Å²) in [5.41, 5.74) is 6.03. The normalized spacial score (nSPS) is 20.9. The lowest BCUT2D eigenvalue weighted by atomic mass is 9.90. The molecule has 1 heterocycles. The summed E-state index contributed by atoms with van der Waals surface area (Å²) in [4.78, 5) is 28.3. The number of likely N-dealkylation sites (tertiary alicyclic amines) is 1. The van der Waals surface area contributed by atoms with Crippen LogP contribution in [0.15, 0.2) is 23.2 Å². The Bertz CT molecular complexity index is 781. The number of methoxy groups -OCH3 is 1. The number of benzene rings is 1. The molecule has 2 amide bonds. The molecule has 2 fully saturated rings. The molecule has 0 bridgehead atoms. The summed E-state index contributed by atoms with van der Waals surface area (Å²) in [7, 11) is 2.51. The van der Waals surface area contributed by atoms with E-state index in [0.29, 0.717) is 55.0 Å². The summed E-state index contributed by atoms with van der Waals surface area (Å²) < 4.78 is 24.4.